The first-order valence-electron chi connectivity index (χ1n) is 5.57. The van der Waals surface area contributed by atoms with Gasteiger partial charge in [-0.3, -0.25) is 4.72 Å². The summed E-state index contributed by atoms with van der Waals surface area (Å²) in [5.41, 5.74) is 1.04. The fourth-order valence-corrected chi connectivity index (χ4v) is 5.82. The second-order valence-electron chi connectivity index (χ2n) is 4.08. The molecule has 0 bridgehead atoms. The van der Waals surface area contributed by atoms with Gasteiger partial charge < -0.3 is 0 Å². The molecular formula is C11H7Cl2N3O2S3. The molecule has 0 spiro atoms. The second-order valence-corrected chi connectivity index (χ2v) is 9.00. The Morgan fingerprint density at radius 2 is 1.95 bits per heavy atom. The van der Waals surface area contributed by atoms with Crippen molar-refractivity contribution < 1.29 is 8.42 Å². The molecule has 0 saturated heterocycles. The summed E-state index contributed by atoms with van der Waals surface area (Å²) < 4.78 is 28.2. The van der Waals surface area contributed by atoms with Crippen molar-refractivity contribution in [2.75, 3.05) is 4.72 Å². The molecule has 0 aliphatic carbocycles. The lowest BCUT2D eigenvalue weighted by Gasteiger charge is -2.02. The Balaban J connectivity index is 1.99. The molecule has 2 aromatic heterocycles. The lowest BCUT2D eigenvalue weighted by Crippen LogP contribution is -2.12. The normalized spacial score (nSPS) is 12.0. The molecule has 21 heavy (non-hydrogen) atoms. The number of aromatic nitrogens is 2. The number of hydrogen-bond donors (Lipinski definition) is 1. The number of sulfonamides is 1. The molecule has 0 fully saturated rings. The lowest BCUT2D eigenvalue weighted by molar-refractivity contribution is 0.602. The van der Waals surface area contributed by atoms with Crippen LogP contribution in [0.4, 0.5) is 5.13 Å². The van der Waals surface area contributed by atoms with Gasteiger partial charge in [-0.2, -0.15) is 0 Å². The van der Waals surface area contributed by atoms with Crippen molar-refractivity contribution in [2.45, 2.75) is 11.1 Å². The third-order valence-electron chi connectivity index (χ3n) is 2.54. The monoisotopic (exact) mass is 379 g/mol. The molecule has 0 saturated carbocycles. The number of thiazole rings is 2. The molecule has 0 radical (unpaired) electrons. The molecule has 0 aliphatic rings. The zero-order chi connectivity index (χ0) is 15.2. The number of hydrogen-bond acceptors (Lipinski definition) is 6. The fourth-order valence-electron chi connectivity index (χ4n) is 1.70. The summed E-state index contributed by atoms with van der Waals surface area (Å²) in [5.74, 6) is 0. The highest BCUT2D eigenvalue weighted by Gasteiger charge is 2.23. The van der Waals surface area contributed by atoms with Crippen molar-refractivity contribution >= 4 is 71.2 Å². The van der Waals surface area contributed by atoms with Crippen LogP contribution in [0.2, 0.25) is 9.49 Å². The molecule has 10 heteroatoms. The first-order valence-corrected chi connectivity index (χ1v) is 9.44. The minimum Gasteiger partial charge on any atom is -0.254 e. The number of halogens is 2. The molecular weight excluding hydrogens is 373 g/mol. The van der Waals surface area contributed by atoms with Crippen molar-refractivity contribution in [3.05, 3.63) is 33.4 Å². The number of benzene rings is 1. The first-order chi connectivity index (χ1) is 9.85. The summed E-state index contributed by atoms with van der Waals surface area (Å²) in [6.07, 6.45) is 0. The van der Waals surface area contributed by atoms with E-state index < -0.39 is 10.0 Å². The number of rotatable bonds is 3. The predicted molar refractivity (Wildman–Crippen MR) is 87.3 cm³/mol. The third kappa shape index (κ3) is 3.00. The number of nitrogens with zero attached hydrogens (tertiary/aromatic N) is 2. The van der Waals surface area contributed by atoms with E-state index in [2.05, 4.69) is 14.7 Å². The maximum Gasteiger partial charge on any atom is 0.275 e. The largest absolute Gasteiger partial charge is 0.275 e. The van der Waals surface area contributed by atoms with Crippen LogP contribution in [0.15, 0.2) is 22.4 Å². The first kappa shape index (κ1) is 15.0. The average molecular weight is 380 g/mol. The standard InChI is InChI=1S/C11H7Cl2N3O2S3/c1-5-9(20-10(13)14-5)21(17,18)16-11-15-7-3-2-6(12)4-8(7)19-11/h2-4H,1H3,(H,15,16). The van der Waals surface area contributed by atoms with Crippen LogP contribution in [-0.2, 0) is 10.0 Å². The minimum atomic E-state index is -3.74. The van der Waals surface area contributed by atoms with Gasteiger partial charge in [0, 0.05) is 5.02 Å². The Morgan fingerprint density at radius 1 is 1.19 bits per heavy atom. The van der Waals surface area contributed by atoms with E-state index in [-0.39, 0.29) is 13.8 Å². The van der Waals surface area contributed by atoms with Gasteiger partial charge in [0.1, 0.15) is 0 Å². The van der Waals surface area contributed by atoms with E-state index >= 15 is 0 Å². The average Bonchev–Trinajstić information content (AvgIpc) is 2.91. The van der Waals surface area contributed by atoms with Gasteiger partial charge in [-0.15, -0.1) is 0 Å². The summed E-state index contributed by atoms with van der Waals surface area (Å²) in [5, 5.41) is 0.849. The minimum absolute atomic E-state index is 0.0878. The SMILES string of the molecule is Cc1nc(Cl)sc1S(=O)(=O)Nc1nc2ccc(Cl)cc2s1. The maximum absolute atomic E-state index is 12.3. The molecule has 0 atom stereocenters. The fraction of sp³-hybridized carbons (Fsp3) is 0.0909. The highest BCUT2D eigenvalue weighted by molar-refractivity contribution is 7.95. The lowest BCUT2D eigenvalue weighted by atomic mass is 10.3. The molecule has 3 aromatic rings. The van der Waals surface area contributed by atoms with E-state index in [1.54, 1.807) is 25.1 Å². The Morgan fingerprint density at radius 3 is 2.62 bits per heavy atom. The highest BCUT2D eigenvalue weighted by atomic mass is 35.5. The molecule has 0 unspecified atom stereocenters. The Labute approximate surface area is 138 Å². The van der Waals surface area contributed by atoms with Gasteiger partial charge >= 0.3 is 0 Å². The van der Waals surface area contributed by atoms with Gasteiger partial charge in [-0.05, 0) is 25.1 Å². The zero-order valence-electron chi connectivity index (χ0n) is 10.4. The summed E-state index contributed by atoms with van der Waals surface area (Å²) in [6, 6.07) is 5.18. The molecule has 3 rings (SSSR count). The van der Waals surface area contributed by atoms with Crippen molar-refractivity contribution in [1.29, 1.82) is 0 Å². The van der Waals surface area contributed by atoms with Crippen LogP contribution < -0.4 is 4.72 Å². The van der Waals surface area contributed by atoms with Crippen LogP contribution in [0.25, 0.3) is 10.2 Å². The third-order valence-corrected chi connectivity index (χ3v) is 7.05. The van der Waals surface area contributed by atoms with Crippen molar-refractivity contribution in [2.24, 2.45) is 0 Å². The zero-order valence-corrected chi connectivity index (χ0v) is 14.4. The van der Waals surface area contributed by atoms with E-state index in [1.165, 1.54) is 11.3 Å². The molecule has 1 N–H and O–H groups in total. The predicted octanol–water partition coefficient (Wildman–Crippen LogP) is 4.17. The van der Waals surface area contributed by atoms with Crippen LogP contribution in [0.1, 0.15) is 5.69 Å². The molecule has 110 valence electrons. The molecule has 1 aromatic carbocycles. The molecule has 0 aliphatic heterocycles. The Kier molecular flexibility index (Phi) is 3.83. The van der Waals surface area contributed by atoms with Crippen LogP contribution in [0, 0.1) is 6.92 Å². The second kappa shape index (κ2) is 5.36. The summed E-state index contributed by atoms with van der Waals surface area (Å²) in [7, 11) is -3.74. The number of anilines is 1. The van der Waals surface area contributed by atoms with Crippen molar-refractivity contribution in [3.63, 3.8) is 0 Å². The molecule has 2 heterocycles. The summed E-state index contributed by atoms with van der Waals surface area (Å²) in [4.78, 5) is 8.13. The highest BCUT2D eigenvalue weighted by Crippen LogP contribution is 2.32. The van der Waals surface area contributed by atoms with Crippen molar-refractivity contribution in [3.8, 4) is 0 Å². The van der Waals surface area contributed by atoms with Gasteiger partial charge in [-0.25, -0.2) is 18.4 Å². The Bertz CT molecular complexity index is 933. The van der Waals surface area contributed by atoms with Crippen molar-refractivity contribution in [1.82, 2.24) is 9.97 Å². The molecule has 0 amide bonds. The Hall–Kier alpha value is -0.930. The van der Waals surface area contributed by atoms with Gasteiger partial charge in [0.25, 0.3) is 10.0 Å². The topological polar surface area (TPSA) is 72.0 Å². The van der Waals surface area contributed by atoms with Gasteiger partial charge in [0.15, 0.2) is 13.8 Å². The van der Waals surface area contributed by atoms with E-state index in [0.717, 1.165) is 16.0 Å². The molecule has 5 nitrogen and oxygen atoms in total. The number of fused-ring (bicyclic) bond motifs is 1. The quantitative estimate of drug-likeness (QED) is 0.740. The summed E-state index contributed by atoms with van der Waals surface area (Å²) >= 11 is 13.8. The van der Waals surface area contributed by atoms with E-state index in [4.69, 9.17) is 23.2 Å². The van der Waals surface area contributed by atoms with E-state index in [9.17, 15) is 8.42 Å². The van der Waals surface area contributed by atoms with E-state index in [0.29, 0.717) is 16.2 Å². The van der Waals surface area contributed by atoms with Crippen LogP contribution in [0.3, 0.4) is 0 Å². The number of aryl methyl sites for hydroxylation is 1. The smallest absolute Gasteiger partial charge is 0.254 e. The van der Waals surface area contributed by atoms with Gasteiger partial charge in [0.2, 0.25) is 0 Å². The van der Waals surface area contributed by atoms with Gasteiger partial charge in [-0.1, -0.05) is 45.9 Å². The maximum atomic E-state index is 12.3. The summed E-state index contributed by atoms with van der Waals surface area (Å²) in [6.45, 7) is 1.59. The van der Waals surface area contributed by atoms with Crippen LogP contribution >= 0.6 is 45.9 Å². The number of nitrogens with one attached hydrogen (secondary N) is 1. The van der Waals surface area contributed by atoms with E-state index in [1.807, 2.05) is 0 Å². The van der Waals surface area contributed by atoms with Gasteiger partial charge in [0.05, 0.1) is 15.9 Å². The van der Waals surface area contributed by atoms with Crippen LogP contribution in [-0.4, -0.2) is 18.4 Å². The van der Waals surface area contributed by atoms with Crippen LogP contribution in [0.5, 0.6) is 0 Å².